The first-order valence-electron chi connectivity index (χ1n) is 6.60. The van der Waals surface area contributed by atoms with Crippen LogP contribution in [0.25, 0.3) is 10.8 Å². The Balaban J connectivity index is 2.08. The summed E-state index contributed by atoms with van der Waals surface area (Å²) in [6.45, 7) is 1.77. The summed E-state index contributed by atoms with van der Waals surface area (Å²) in [4.78, 5) is 22.8. The molecule has 0 aliphatic rings. The van der Waals surface area contributed by atoms with Crippen LogP contribution in [-0.4, -0.2) is 17.9 Å². The average molecular weight is 270 g/mol. The molecule has 0 spiro atoms. The SMILES string of the molecule is C[C@H](CC(N)=O)NC(=O)Cc1cccc2ccccc12. The summed E-state index contributed by atoms with van der Waals surface area (Å²) in [6, 6.07) is 13.6. The van der Waals surface area contributed by atoms with Crippen LogP contribution in [0.3, 0.4) is 0 Å². The molecule has 0 bridgehead atoms. The summed E-state index contributed by atoms with van der Waals surface area (Å²) in [5.74, 6) is -0.516. The molecule has 4 heteroatoms. The summed E-state index contributed by atoms with van der Waals surface area (Å²) in [5, 5.41) is 4.98. The lowest BCUT2D eigenvalue weighted by Crippen LogP contribution is -2.36. The van der Waals surface area contributed by atoms with Gasteiger partial charge in [-0.05, 0) is 23.3 Å². The van der Waals surface area contributed by atoms with Gasteiger partial charge in [-0.2, -0.15) is 0 Å². The van der Waals surface area contributed by atoms with Crippen LogP contribution in [0.5, 0.6) is 0 Å². The number of benzene rings is 2. The highest BCUT2D eigenvalue weighted by Gasteiger charge is 2.11. The van der Waals surface area contributed by atoms with Crippen LogP contribution < -0.4 is 11.1 Å². The second kappa shape index (κ2) is 6.19. The van der Waals surface area contributed by atoms with Crippen LogP contribution in [0.2, 0.25) is 0 Å². The average Bonchev–Trinajstić information content (AvgIpc) is 2.38. The largest absolute Gasteiger partial charge is 0.370 e. The molecule has 0 aromatic heterocycles. The van der Waals surface area contributed by atoms with Gasteiger partial charge < -0.3 is 11.1 Å². The van der Waals surface area contributed by atoms with Crippen molar-refractivity contribution >= 4 is 22.6 Å². The molecule has 0 heterocycles. The van der Waals surface area contributed by atoms with Gasteiger partial charge in [-0.15, -0.1) is 0 Å². The van der Waals surface area contributed by atoms with Crippen molar-refractivity contribution in [3.05, 3.63) is 48.0 Å². The van der Waals surface area contributed by atoms with E-state index in [2.05, 4.69) is 5.32 Å². The lowest BCUT2D eigenvalue weighted by atomic mass is 10.0. The molecule has 0 fully saturated rings. The molecule has 20 heavy (non-hydrogen) atoms. The van der Waals surface area contributed by atoms with E-state index in [1.807, 2.05) is 42.5 Å². The maximum absolute atomic E-state index is 12.0. The van der Waals surface area contributed by atoms with E-state index in [1.165, 1.54) is 0 Å². The van der Waals surface area contributed by atoms with E-state index in [1.54, 1.807) is 6.92 Å². The molecule has 0 radical (unpaired) electrons. The number of primary amides is 1. The Morgan fingerprint density at radius 3 is 2.60 bits per heavy atom. The van der Waals surface area contributed by atoms with Gasteiger partial charge in [0.05, 0.1) is 6.42 Å². The maximum Gasteiger partial charge on any atom is 0.224 e. The van der Waals surface area contributed by atoms with Gasteiger partial charge in [0.25, 0.3) is 0 Å². The van der Waals surface area contributed by atoms with Crippen LogP contribution in [0.4, 0.5) is 0 Å². The number of nitrogens with two attached hydrogens (primary N) is 1. The first-order chi connectivity index (χ1) is 9.56. The topological polar surface area (TPSA) is 72.2 Å². The predicted octanol–water partition coefficient (Wildman–Crippen LogP) is 1.76. The highest BCUT2D eigenvalue weighted by molar-refractivity contribution is 5.90. The summed E-state index contributed by atoms with van der Waals surface area (Å²) in [6.07, 6.45) is 0.450. The smallest absolute Gasteiger partial charge is 0.224 e. The van der Waals surface area contributed by atoms with Crippen molar-refractivity contribution in [2.24, 2.45) is 5.73 Å². The van der Waals surface area contributed by atoms with Gasteiger partial charge in [-0.1, -0.05) is 42.5 Å². The van der Waals surface area contributed by atoms with E-state index in [0.717, 1.165) is 16.3 Å². The van der Waals surface area contributed by atoms with Crippen molar-refractivity contribution in [3.8, 4) is 0 Å². The minimum atomic E-state index is -0.414. The van der Waals surface area contributed by atoms with Crippen LogP contribution in [0, 0.1) is 0 Å². The Morgan fingerprint density at radius 2 is 1.85 bits per heavy atom. The molecule has 0 aliphatic carbocycles. The molecule has 1 atom stereocenters. The third kappa shape index (κ3) is 3.57. The Bertz CT molecular complexity index is 632. The van der Waals surface area contributed by atoms with Crippen LogP contribution in [-0.2, 0) is 16.0 Å². The van der Waals surface area contributed by atoms with E-state index >= 15 is 0 Å². The van der Waals surface area contributed by atoms with Gasteiger partial charge in [0.15, 0.2) is 0 Å². The van der Waals surface area contributed by atoms with Gasteiger partial charge in [0.2, 0.25) is 11.8 Å². The Hall–Kier alpha value is -2.36. The minimum Gasteiger partial charge on any atom is -0.370 e. The molecule has 0 aliphatic heterocycles. The predicted molar refractivity (Wildman–Crippen MR) is 79.1 cm³/mol. The zero-order valence-electron chi connectivity index (χ0n) is 11.4. The zero-order valence-corrected chi connectivity index (χ0v) is 11.4. The third-order valence-corrected chi connectivity index (χ3v) is 3.15. The number of amides is 2. The number of hydrogen-bond donors (Lipinski definition) is 2. The number of fused-ring (bicyclic) bond motifs is 1. The lowest BCUT2D eigenvalue weighted by Gasteiger charge is -2.12. The first kappa shape index (κ1) is 14.1. The van der Waals surface area contributed by atoms with Crippen molar-refractivity contribution in [2.75, 3.05) is 0 Å². The van der Waals surface area contributed by atoms with Crippen LogP contribution in [0.1, 0.15) is 18.9 Å². The molecule has 3 N–H and O–H groups in total. The van der Waals surface area contributed by atoms with Crippen molar-refractivity contribution in [3.63, 3.8) is 0 Å². The van der Waals surface area contributed by atoms with Crippen molar-refractivity contribution in [1.29, 1.82) is 0 Å². The third-order valence-electron chi connectivity index (χ3n) is 3.15. The fourth-order valence-electron chi connectivity index (χ4n) is 2.30. The van der Waals surface area contributed by atoms with E-state index in [4.69, 9.17) is 5.73 Å². The summed E-state index contributed by atoms with van der Waals surface area (Å²) in [5.41, 5.74) is 6.08. The molecule has 0 saturated heterocycles. The summed E-state index contributed by atoms with van der Waals surface area (Å²) < 4.78 is 0. The lowest BCUT2D eigenvalue weighted by molar-refractivity contribution is -0.121. The van der Waals surface area contributed by atoms with Gasteiger partial charge in [0, 0.05) is 12.5 Å². The second-order valence-electron chi connectivity index (χ2n) is 4.95. The van der Waals surface area contributed by atoms with Crippen LogP contribution in [0.15, 0.2) is 42.5 Å². The number of carbonyl (C=O) groups excluding carboxylic acids is 2. The van der Waals surface area contributed by atoms with E-state index < -0.39 is 5.91 Å². The van der Waals surface area contributed by atoms with Gasteiger partial charge in [-0.3, -0.25) is 9.59 Å². The maximum atomic E-state index is 12.0. The molecule has 2 aromatic rings. The first-order valence-corrected chi connectivity index (χ1v) is 6.60. The monoisotopic (exact) mass is 270 g/mol. The van der Waals surface area contributed by atoms with E-state index in [-0.39, 0.29) is 18.4 Å². The highest BCUT2D eigenvalue weighted by atomic mass is 16.2. The molecule has 2 amide bonds. The Morgan fingerprint density at radius 1 is 1.15 bits per heavy atom. The van der Waals surface area contributed by atoms with Gasteiger partial charge in [0.1, 0.15) is 0 Å². The number of nitrogens with one attached hydrogen (secondary N) is 1. The molecular weight excluding hydrogens is 252 g/mol. The second-order valence-corrected chi connectivity index (χ2v) is 4.95. The molecule has 0 saturated carbocycles. The quantitative estimate of drug-likeness (QED) is 0.869. The van der Waals surface area contributed by atoms with Crippen LogP contribution >= 0.6 is 0 Å². The van der Waals surface area contributed by atoms with Crippen molar-refractivity contribution in [2.45, 2.75) is 25.8 Å². The summed E-state index contributed by atoms with van der Waals surface area (Å²) in [7, 11) is 0. The number of hydrogen-bond acceptors (Lipinski definition) is 2. The summed E-state index contributed by atoms with van der Waals surface area (Å²) >= 11 is 0. The standard InChI is InChI=1S/C16H18N2O2/c1-11(9-15(17)19)18-16(20)10-13-7-4-6-12-5-2-3-8-14(12)13/h2-8,11H,9-10H2,1H3,(H2,17,19)(H,18,20)/t11-/m1/s1. The van der Waals surface area contributed by atoms with E-state index in [0.29, 0.717) is 6.42 Å². The minimum absolute atomic E-state index is 0.102. The fraction of sp³-hybridized carbons (Fsp3) is 0.250. The molecule has 0 unspecified atom stereocenters. The Kier molecular flexibility index (Phi) is 4.35. The normalized spacial score (nSPS) is 12.1. The molecule has 104 valence electrons. The fourth-order valence-corrected chi connectivity index (χ4v) is 2.30. The van der Waals surface area contributed by atoms with Crippen molar-refractivity contribution in [1.82, 2.24) is 5.32 Å². The Labute approximate surface area is 118 Å². The molecule has 2 aromatic carbocycles. The molecular formula is C16H18N2O2. The molecule has 2 rings (SSSR count). The number of carbonyl (C=O) groups is 2. The zero-order chi connectivity index (χ0) is 14.5. The molecule has 4 nitrogen and oxygen atoms in total. The number of rotatable bonds is 5. The van der Waals surface area contributed by atoms with E-state index in [9.17, 15) is 9.59 Å². The van der Waals surface area contributed by atoms with Gasteiger partial charge in [-0.25, -0.2) is 0 Å². The van der Waals surface area contributed by atoms with Crippen molar-refractivity contribution < 1.29 is 9.59 Å². The van der Waals surface area contributed by atoms with Gasteiger partial charge >= 0.3 is 0 Å². The highest BCUT2D eigenvalue weighted by Crippen LogP contribution is 2.18.